The van der Waals surface area contributed by atoms with Gasteiger partial charge in [0, 0.05) is 6.44 Å². The zero-order chi connectivity index (χ0) is 3.54. The molecule has 1 rings (SSSR count). The van der Waals surface area contributed by atoms with Gasteiger partial charge >= 0.3 is 0 Å². The lowest BCUT2D eigenvalue weighted by atomic mass is 10.00. The van der Waals surface area contributed by atoms with Crippen LogP contribution in [0.25, 0.3) is 0 Å². The Kier molecular flexibility index (Phi) is 0.881. The SMILES string of the molecule is B1CNON1. The second-order valence-electron chi connectivity index (χ2n) is 0.891. The smallest absolute Gasteiger partial charge is 0.228 e. The van der Waals surface area contributed by atoms with Gasteiger partial charge in [-0.1, -0.05) is 0 Å². The molecule has 0 amide bonds. The van der Waals surface area contributed by atoms with Crippen LogP contribution in [-0.4, -0.2) is 13.9 Å². The number of nitrogens with one attached hydrogen (secondary N) is 2. The van der Waals surface area contributed by atoms with Crippen molar-refractivity contribution < 1.29 is 4.94 Å². The molecule has 0 radical (unpaired) electrons. The summed E-state index contributed by atoms with van der Waals surface area (Å²) >= 11 is 0. The van der Waals surface area contributed by atoms with Crippen LogP contribution in [0.3, 0.4) is 0 Å². The molecule has 0 aromatic rings. The minimum Gasteiger partial charge on any atom is -0.228 e. The predicted molar refractivity (Wildman–Crippen MR) is 19.4 cm³/mol. The maximum absolute atomic E-state index is 4.44. The highest BCUT2D eigenvalue weighted by Crippen LogP contribution is 1.61. The van der Waals surface area contributed by atoms with Crippen molar-refractivity contribution in [2.45, 2.75) is 0 Å². The lowest BCUT2D eigenvalue weighted by molar-refractivity contribution is 0.0376. The van der Waals surface area contributed by atoms with Crippen molar-refractivity contribution in [1.82, 2.24) is 10.9 Å². The first-order valence-corrected chi connectivity index (χ1v) is 1.62. The van der Waals surface area contributed by atoms with Crippen molar-refractivity contribution in [3.8, 4) is 0 Å². The molecule has 0 aromatic carbocycles. The normalized spacial score (nSPS) is 22.4. The van der Waals surface area contributed by atoms with Crippen molar-refractivity contribution in [1.29, 1.82) is 0 Å². The zero-order valence-corrected chi connectivity index (χ0v) is 2.82. The summed E-state index contributed by atoms with van der Waals surface area (Å²) in [7, 11) is 0.917. The first kappa shape index (κ1) is 3.15. The van der Waals surface area contributed by atoms with Crippen LogP contribution in [0.15, 0.2) is 0 Å². The molecule has 1 saturated heterocycles. The van der Waals surface area contributed by atoms with Crippen LogP contribution in [0.2, 0.25) is 0 Å². The second kappa shape index (κ2) is 1.40. The molecule has 3 nitrogen and oxygen atoms in total. The molecule has 5 heavy (non-hydrogen) atoms. The van der Waals surface area contributed by atoms with Crippen molar-refractivity contribution in [3.05, 3.63) is 0 Å². The fourth-order valence-electron chi connectivity index (χ4n) is 0.255. The van der Waals surface area contributed by atoms with Crippen LogP contribution < -0.4 is 10.9 Å². The third-order valence-corrected chi connectivity index (χ3v) is 0.473. The van der Waals surface area contributed by atoms with E-state index in [1.807, 2.05) is 0 Å². The van der Waals surface area contributed by atoms with Crippen LogP contribution in [0.1, 0.15) is 0 Å². The third kappa shape index (κ3) is 0.610. The molecule has 1 aliphatic rings. The van der Waals surface area contributed by atoms with Gasteiger partial charge in [-0.25, -0.2) is 10.3 Å². The van der Waals surface area contributed by atoms with E-state index in [0.29, 0.717) is 0 Å². The number of rotatable bonds is 0. The van der Waals surface area contributed by atoms with E-state index in [0.717, 1.165) is 13.9 Å². The molecule has 28 valence electrons. The number of hydrogen-bond acceptors (Lipinski definition) is 3. The van der Waals surface area contributed by atoms with Gasteiger partial charge in [0.2, 0.25) is 0 Å². The van der Waals surface area contributed by atoms with Crippen LogP contribution >= 0.6 is 0 Å². The standard InChI is InChI=1S/CH5BN2O/c1-2-4-5-3-1/h2-4H,1H2. The van der Waals surface area contributed by atoms with E-state index in [2.05, 4.69) is 15.8 Å². The highest BCUT2D eigenvalue weighted by molar-refractivity contribution is 6.32. The predicted octanol–water partition coefficient (Wildman–Crippen LogP) is -1.67. The van der Waals surface area contributed by atoms with Gasteiger partial charge in [0.1, 0.15) is 0 Å². The largest absolute Gasteiger partial charge is 0.253 e. The van der Waals surface area contributed by atoms with E-state index in [1.165, 1.54) is 0 Å². The molecular formula is CH5BN2O. The summed E-state index contributed by atoms with van der Waals surface area (Å²) in [5.74, 6) is 0. The van der Waals surface area contributed by atoms with Gasteiger partial charge in [-0.2, -0.15) is 5.48 Å². The average Bonchev–Trinajstić information content (AvgIpc) is 1.76. The Morgan fingerprint density at radius 1 is 1.80 bits per heavy atom. The first-order chi connectivity index (χ1) is 2.50. The highest BCUT2D eigenvalue weighted by atomic mass is 16.8. The Bertz CT molecular complexity index is 21.2. The molecule has 0 spiro atoms. The molecule has 0 unspecified atom stereocenters. The van der Waals surface area contributed by atoms with Crippen LogP contribution in [0.4, 0.5) is 0 Å². The summed E-state index contributed by atoms with van der Waals surface area (Å²) < 4.78 is 0. The van der Waals surface area contributed by atoms with E-state index in [1.54, 1.807) is 0 Å². The summed E-state index contributed by atoms with van der Waals surface area (Å²) in [6.45, 7) is 0. The Morgan fingerprint density at radius 2 is 2.80 bits per heavy atom. The Hall–Kier alpha value is -0.0551. The topological polar surface area (TPSA) is 33.3 Å². The summed E-state index contributed by atoms with van der Waals surface area (Å²) in [5.41, 5.74) is 2.61. The quantitative estimate of drug-likeness (QED) is 0.336. The fourth-order valence-corrected chi connectivity index (χ4v) is 0.255. The highest BCUT2D eigenvalue weighted by Gasteiger charge is 1.95. The van der Waals surface area contributed by atoms with E-state index < -0.39 is 0 Å². The monoisotopic (exact) mass is 72.0 g/mol. The molecule has 1 heterocycles. The van der Waals surface area contributed by atoms with Gasteiger partial charge in [-0.05, 0) is 0 Å². The van der Waals surface area contributed by atoms with E-state index >= 15 is 0 Å². The van der Waals surface area contributed by atoms with Crippen molar-refractivity contribution in [2.75, 3.05) is 6.44 Å². The molecular weight excluding hydrogens is 66.8 g/mol. The van der Waals surface area contributed by atoms with Crippen molar-refractivity contribution in [3.63, 3.8) is 0 Å². The molecule has 1 aliphatic heterocycles. The van der Waals surface area contributed by atoms with Gasteiger partial charge in [-0.15, -0.1) is 0 Å². The second-order valence-corrected chi connectivity index (χ2v) is 0.891. The van der Waals surface area contributed by atoms with Crippen molar-refractivity contribution in [2.24, 2.45) is 0 Å². The molecule has 4 heteroatoms. The van der Waals surface area contributed by atoms with E-state index in [-0.39, 0.29) is 0 Å². The maximum atomic E-state index is 4.44. The van der Waals surface area contributed by atoms with Gasteiger partial charge in [0.05, 0.1) is 0 Å². The summed E-state index contributed by atoms with van der Waals surface area (Å²) in [6.07, 6.45) is 0.917. The van der Waals surface area contributed by atoms with Crippen LogP contribution in [0, 0.1) is 0 Å². The molecule has 2 N–H and O–H groups in total. The maximum Gasteiger partial charge on any atom is 0.253 e. The molecule has 0 bridgehead atoms. The molecule has 0 aliphatic carbocycles. The fraction of sp³-hybridized carbons (Fsp3) is 1.00. The molecule has 0 atom stereocenters. The summed E-state index contributed by atoms with van der Waals surface area (Å²) in [5, 5.41) is 2.61. The zero-order valence-electron chi connectivity index (χ0n) is 2.82. The lowest BCUT2D eigenvalue weighted by Crippen LogP contribution is -2.08. The summed E-state index contributed by atoms with van der Waals surface area (Å²) in [6, 6.07) is 0. The van der Waals surface area contributed by atoms with Crippen molar-refractivity contribution >= 4 is 7.41 Å². The Labute approximate surface area is 30.9 Å². The minimum atomic E-state index is 0.917. The average molecular weight is 71.9 g/mol. The minimum absolute atomic E-state index is 0.917. The van der Waals surface area contributed by atoms with E-state index in [9.17, 15) is 0 Å². The molecule has 1 fully saturated rings. The first-order valence-electron chi connectivity index (χ1n) is 1.62. The molecule has 0 aromatic heterocycles. The van der Waals surface area contributed by atoms with Crippen LogP contribution in [-0.2, 0) is 4.94 Å². The van der Waals surface area contributed by atoms with Crippen LogP contribution in [0.5, 0.6) is 0 Å². The molecule has 0 saturated carbocycles. The Morgan fingerprint density at radius 3 is 3.00 bits per heavy atom. The van der Waals surface area contributed by atoms with Gasteiger partial charge in [0.15, 0.2) is 0 Å². The third-order valence-electron chi connectivity index (χ3n) is 0.473. The lowest BCUT2D eigenvalue weighted by Gasteiger charge is -1.81. The number of hydrogen-bond donors (Lipinski definition) is 2. The number of hydroxylamine groups is 1. The van der Waals surface area contributed by atoms with Gasteiger partial charge in [0.25, 0.3) is 7.41 Å². The van der Waals surface area contributed by atoms with Gasteiger partial charge in [-0.3, -0.25) is 0 Å². The van der Waals surface area contributed by atoms with Gasteiger partial charge < -0.3 is 0 Å². The Balaban J connectivity index is 2.08. The van der Waals surface area contributed by atoms with E-state index in [4.69, 9.17) is 0 Å². The summed E-state index contributed by atoms with van der Waals surface area (Å²) in [4.78, 5) is 4.44.